The van der Waals surface area contributed by atoms with Crippen molar-refractivity contribution in [1.82, 2.24) is 16.0 Å². The summed E-state index contributed by atoms with van der Waals surface area (Å²) in [4.78, 5) is 61.1. The van der Waals surface area contributed by atoms with E-state index < -0.39 is 60.2 Å². The molecular formula is C21H40N6O6S. The van der Waals surface area contributed by atoms with Crippen molar-refractivity contribution < 1.29 is 29.1 Å². The fraction of sp³-hybridized carbons (Fsp3) is 0.762. The Balaban J connectivity index is 5.48. The Labute approximate surface area is 204 Å². The molecule has 0 saturated carbocycles. The third-order valence-electron chi connectivity index (χ3n) is 4.91. The lowest BCUT2D eigenvalue weighted by atomic mass is 10.0. The van der Waals surface area contributed by atoms with Crippen molar-refractivity contribution in [1.29, 1.82) is 0 Å². The summed E-state index contributed by atoms with van der Waals surface area (Å²) in [5.74, 6) is -3.53. The molecule has 0 rings (SSSR count). The van der Waals surface area contributed by atoms with Crippen LogP contribution in [0.5, 0.6) is 0 Å². The predicted molar refractivity (Wildman–Crippen MR) is 131 cm³/mol. The van der Waals surface area contributed by atoms with E-state index in [0.29, 0.717) is 31.6 Å². The molecule has 0 aliphatic carbocycles. The van der Waals surface area contributed by atoms with Gasteiger partial charge in [-0.1, -0.05) is 13.8 Å². The predicted octanol–water partition coefficient (Wildman–Crippen LogP) is -1.34. The molecule has 196 valence electrons. The standard InChI is InChI=1S/C21H40N6O6S/c1-12(2)10-13(23)18(29)25-14(6-4-5-8-22)19(30)27-16(11-17(24)28)20(31)26-15(21(32)33)7-9-34-3/h12-16H,4-11,22-23H2,1-3H3,(H2,24,28)(H,25,29)(H,26,31)(H,27,30)(H,32,33). The minimum atomic E-state index is -1.40. The summed E-state index contributed by atoms with van der Waals surface area (Å²) >= 11 is 1.41. The Morgan fingerprint density at radius 2 is 1.44 bits per heavy atom. The van der Waals surface area contributed by atoms with Gasteiger partial charge in [-0.05, 0) is 56.6 Å². The molecule has 10 N–H and O–H groups in total. The van der Waals surface area contributed by atoms with Crippen LogP contribution in [-0.4, -0.2) is 77.4 Å². The lowest BCUT2D eigenvalue weighted by Gasteiger charge is -2.25. The van der Waals surface area contributed by atoms with E-state index in [-0.39, 0.29) is 18.8 Å². The normalized spacial score (nSPS) is 14.5. The number of nitrogens with one attached hydrogen (secondary N) is 3. The highest BCUT2D eigenvalue weighted by Crippen LogP contribution is 2.07. The fourth-order valence-electron chi connectivity index (χ4n) is 3.10. The lowest BCUT2D eigenvalue weighted by Crippen LogP contribution is -2.57. The number of amides is 4. The number of hydrogen-bond acceptors (Lipinski definition) is 8. The van der Waals surface area contributed by atoms with E-state index in [0.717, 1.165) is 0 Å². The van der Waals surface area contributed by atoms with Crippen LogP contribution in [0.4, 0.5) is 0 Å². The second-order valence-electron chi connectivity index (χ2n) is 8.49. The zero-order valence-corrected chi connectivity index (χ0v) is 21.0. The fourth-order valence-corrected chi connectivity index (χ4v) is 3.57. The Kier molecular flexibility index (Phi) is 15.9. The molecule has 12 nitrogen and oxygen atoms in total. The van der Waals surface area contributed by atoms with Crippen LogP contribution in [-0.2, 0) is 24.0 Å². The van der Waals surface area contributed by atoms with Crippen molar-refractivity contribution in [3.8, 4) is 0 Å². The SMILES string of the molecule is CSCCC(NC(=O)C(CC(N)=O)NC(=O)C(CCCCN)NC(=O)C(N)CC(C)C)C(=O)O. The van der Waals surface area contributed by atoms with Gasteiger partial charge in [0.25, 0.3) is 0 Å². The van der Waals surface area contributed by atoms with E-state index >= 15 is 0 Å². The molecule has 0 bridgehead atoms. The zero-order valence-electron chi connectivity index (χ0n) is 20.2. The maximum atomic E-state index is 13.0. The number of carbonyl (C=O) groups is 5. The van der Waals surface area contributed by atoms with Crippen LogP contribution in [0.3, 0.4) is 0 Å². The van der Waals surface area contributed by atoms with E-state index in [9.17, 15) is 29.1 Å². The lowest BCUT2D eigenvalue weighted by molar-refractivity contribution is -0.142. The van der Waals surface area contributed by atoms with Crippen LogP contribution in [0, 0.1) is 5.92 Å². The average molecular weight is 505 g/mol. The summed E-state index contributed by atoms with van der Waals surface area (Å²) in [6, 6.07) is -4.44. The second-order valence-corrected chi connectivity index (χ2v) is 9.48. The van der Waals surface area contributed by atoms with Crippen molar-refractivity contribution in [2.24, 2.45) is 23.1 Å². The van der Waals surface area contributed by atoms with Gasteiger partial charge in [-0.25, -0.2) is 4.79 Å². The number of carbonyl (C=O) groups excluding carboxylic acids is 4. The van der Waals surface area contributed by atoms with Crippen molar-refractivity contribution >= 4 is 41.4 Å². The second kappa shape index (κ2) is 17.1. The molecular weight excluding hydrogens is 464 g/mol. The molecule has 13 heteroatoms. The average Bonchev–Trinajstić information content (AvgIpc) is 2.74. The molecule has 0 spiro atoms. The van der Waals surface area contributed by atoms with Crippen LogP contribution < -0.4 is 33.2 Å². The third-order valence-corrected chi connectivity index (χ3v) is 5.55. The first-order chi connectivity index (χ1) is 15.9. The summed E-state index contributed by atoms with van der Waals surface area (Å²) in [5, 5.41) is 16.7. The molecule has 0 aliphatic rings. The monoisotopic (exact) mass is 504 g/mol. The number of carboxylic acids is 1. The zero-order chi connectivity index (χ0) is 26.3. The van der Waals surface area contributed by atoms with Gasteiger partial charge >= 0.3 is 5.97 Å². The number of aliphatic carboxylic acids is 1. The summed E-state index contributed by atoms with van der Waals surface area (Å²) in [7, 11) is 0. The van der Waals surface area contributed by atoms with Gasteiger partial charge in [0.1, 0.15) is 18.1 Å². The van der Waals surface area contributed by atoms with Gasteiger partial charge in [0.05, 0.1) is 12.5 Å². The van der Waals surface area contributed by atoms with Crippen molar-refractivity contribution in [2.45, 2.75) is 76.5 Å². The molecule has 0 aromatic rings. The van der Waals surface area contributed by atoms with Gasteiger partial charge in [-0.15, -0.1) is 0 Å². The number of rotatable bonds is 18. The number of nitrogens with two attached hydrogens (primary N) is 3. The summed E-state index contributed by atoms with van der Waals surface area (Å²) in [6.07, 6.45) is 3.20. The van der Waals surface area contributed by atoms with E-state index in [1.54, 1.807) is 6.26 Å². The molecule has 4 amide bonds. The molecule has 0 saturated heterocycles. The molecule has 4 unspecified atom stereocenters. The quantitative estimate of drug-likeness (QED) is 0.110. The first-order valence-corrected chi connectivity index (χ1v) is 12.7. The minimum absolute atomic E-state index is 0.158. The van der Waals surface area contributed by atoms with Crippen LogP contribution in [0.1, 0.15) is 52.4 Å². The van der Waals surface area contributed by atoms with Crippen LogP contribution in [0.25, 0.3) is 0 Å². The van der Waals surface area contributed by atoms with Crippen molar-refractivity contribution in [3.05, 3.63) is 0 Å². The van der Waals surface area contributed by atoms with E-state index in [2.05, 4.69) is 16.0 Å². The number of unbranched alkanes of at least 4 members (excludes halogenated alkanes) is 1. The molecule has 0 aromatic heterocycles. The van der Waals surface area contributed by atoms with Gasteiger partial charge < -0.3 is 38.3 Å². The molecule has 34 heavy (non-hydrogen) atoms. The van der Waals surface area contributed by atoms with Crippen molar-refractivity contribution in [3.63, 3.8) is 0 Å². The number of hydrogen-bond donors (Lipinski definition) is 7. The molecule has 0 aromatic carbocycles. The van der Waals surface area contributed by atoms with Gasteiger partial charge in [0, 0.05) is 0 Å². The highest BCUT2D eigenvalue weighted by molar-refractivity contribution is 7.98. The van der Waals surface area contributed by atoms with Gasteiger partial charge in [0.2, 0.25) is 23.6 Å². The highest BCUT2D eigenvalue weighted by Gasteiger charge is 2.31. The van der Waals surface area contributed by atoms with Crippen molar-refractivity contribution in [2.75, 3.05) is 18.6 Å². The minimum Gasteiger partial charge on any atom is -0.480 e. The largest absolute Gasteiger partial charge is 0.480 e. The van der Waals surface area contributed by atoms with Crippen LogP contribution in [0.2, 0.25) is 0 Å². The maximum Gasteiger partial charge on any atom is 0.326 e. The Bertz CT molecular complexity index is 693. The van der Waals surface area contributed by atoms with E-state index in [4.69, 9.17) is 17.2 Å². The number of primary amides is 1. The Morgan fingerprint density at radius 1 is 0.882 bits per heavy atom. The van der Waals surface area contributed by atoms with E-state index in [1.807, 2.05) is 13.8 Å². The Hall–Kier alpha value is -2.38. The van der Waals surface area contributed by atoms with Crippen LogP contribution in [0.15, 0.2) is 0 Å². The molecule has 0 heterocycles. The summed E-state index contributed by atoms with van der Waals surface area (Å²) in [5.41, 5.74) is 16.7. The maximum absolute atomic E-state index is 13.0. The topological polar surface area (TPSA) is 220 Å². The number of carboxylic acid groups (broad SMARTS) is 1. The molecule has 0 radical (unpaired) electrons. The third kappa shape index (κ3) is 13.4. The molecule has 0 aliphatic heterocycles. The van der Waals surface area contributed by atoms with E-state index in [1.165, 1.54) is 11.8 Å². The van der Waals surface area contributed by atoms with Gasteiger partial charge in [0.15, 0.2) is 0 Å². The summed E-state index contributed by atoms with van der Waals surface area (Å²) in [6.45, 7) is 4.22. The first kappa shape index (κ1) is 31.6. The van der Waals surface area contributed by atoms with Crippen LogP contribution >= 0.6 is 11.8 Å². The Morgan fingerprint density at radius 3 is 1.94 bits per heavy atom. The van der Waals surface area contributed by atoms with Gasteiger partial charge in [-0.3, -0.25) is 19.2 Å². The number of thioether (sulfide) groups is 1. The highest BCUT2D eigenvalue weighted by atomic mass is 32.2. The molecule has 0 fully saturated rings. The molecule has 4 atom stereocenters. The summed E-state index contributed by atoms with van der Waals surface area (Å²) < 4.78 is 0. The first-order valence-electron chi connectivity index (χ1n) is 11.3. The van der Waals surface area contributed by atoms with Gasteiger partial charge in [-0.2, -0.15) is 11.8 Å². The smallest absolute Gasteiger partial charge is 0.326 e.